The molecule has 0 spiro atoms. The number of nitrogens with two attached hydrogens (primary N) is 1. The van der Waals surface area contributed by atoms with Crippen LogP contribution >= 0.6 is 0 Å². The van der Waals surface area contributed by atoms with Gasteiger partial charge in [-0.25, -0.2) is 13.1 Å². The molecule has 0 bridgehead atoms. The Hall–Kier alpha value is -1.83. The lowest BCUT2D eigenvalue weighted by atomic mass is 10.2. The SMILES string of the molecule is Cc1cnc(CNS(=O)(=O)c2ccc(CCN)cc2)cn1. The maximum absolute atomic E-state index is 12.2. The first-order chi connectivity index (χ1) is 10.0. The van der Waals surface area contributed by atoms with Gasteiger partial charge in [-0.05, 0) is 37.6 Å². The molecule has 0 aliphatic rings. The molecule has 0 fully saturated rings. The van der Waals surface area contributed by atoms with Crippen LogP contribution in [0.3, 0.4) is 0 Å². The highest BCUT2D eigenvalue weighted by atomic mass is 32.2. The van der Waals surface area contributed by atoms with Crippen molar-refractivity contribution in [1.29, 1.82) is 0 Å². The van der Waals surface area contributed by atoms with Gasteiger partial charge in [0, 0.05) is 6.20 Å². The fourth-order valence-electron chi connectivity index (χ4n) is 1.76. The first-order valence-electron chi connectivity index (χ1n) is 6.57. The molecule has 0 amide bonds. The average molecular weight is 306 g/mol. The molecule has 0 aliphatic carbocycles. The Morgan fingerprint density at radius 3 is 2.43 bits per heavy atom. The van der Waals surface area contributed by atoms with E-state index in [0.29, 0.717) is 12.2 Å². The molecule has 0 aliphatic heterocycles. The fraction of sp³-hybridized carbons (Fsp3) is 0.286. The summed E-state index contributed by atoms with van der Waals surface area (Å²) in [4.78, 5) is 8.41. The molecule has 1 aromatic carbocycles. The van der Waals surface area contributed by atoms with Gasteiger partial charge >= 0.3 is 0 Å². The molecular weight excluding hydrogens is 288 g/mol. The summed E-state index contributed by atoms with van der Waals surface area (Å²) in [6, 6.07) is 6.70. The minimum atomic E-state index is -3.55. The number of aromatic nitrogens is 2. The van der Waals surface area contributed by atoms with Crippen molar-refractivity contribution in [2.24, 2.45) is 5.73 Å². The van der Waals surface area contributed by atoms with E-state index in [4.69, 9.17) is 5.73 Å². The zero-order valence-corrected chi connectivity index (χ0v) is 12.6. The molecule has 0 atom stereocenters. The maximum atomic E-state index is 12.2. The van der Waals surface area contributed by atoms with Gasteiger partial charge in [-0.2, -0.15) is 0 Å². The molecule has 2 rings (SSSR count). The van der Waals surface area contributed by atoms with E-state index in [1.165, 1.54) is 0 Å². The normalized spacial score (nSPS) is 11.5. The van der Waals surface area contributed by atoms with E-state index in [2.05, 4.69) is 14.7 Å². The lowest BCUT2D eigenvalue weighted by Crippen LogP contribution is -2.23. The Labute approximate surface area is 124 Å². The van der Waals surface area contributed by atoms with Crippen LogP contribution in [0.15, 0.2) is 41.6 Å². The van der Waals surface area contributed by atoms with Gasteiger partial charge in [-0.15, -0.1) is 0 Å². The number of nitrogens with one attached hydrogen (secondary N) is 1. The summed E-state index contributed by atoms with van der Waals surface area (Å²) >= 11 is 0. The fourth-order valence-corrected chi connectivity index (χ4v) is 2.76. The van der Waals surface area contributed by atoms with Gasteiger partial charge in [0.15, 0.2) is 0 Å². The quantitative estimate of drug-likeness (QED) is 0.821. The Bertz CT molecular complexity index is 682. The number of hydrogen-bond donors (Lipinski definition) is 2. The topological polar surface area (TPSA) is 98.0 Å². The number of benzene rings is 1. The van der Waals surface area contributed by atoms with Crippen LogP contribution in [0, 0.1) is 6.92 Å². The smallest absolute Gasteiger partial charge is 0.240 e. The Morgan fingerprint density at radius 2 is 1.86 bits per heavy atom. The third-order valence-corrected chi connectivity index (χ3v) is 4.36. The summed E-state index contributed by atoms with van der Waals surface area (Å²) in [7, 11) is -3.55. The molecule has 2 aromatic rings. The monoisotopic (exact) mass is 306 g/mol. The summed E-state index contributed by atoms with van der Waals surface area (Å²) in [6.07, 6.45) is 3.89. The molecule has 3 N–H and O–H groups in total. The van der Waals surface area contributed by atoms with Gasteiger partial charge in [0.2, 0.25) is 10.0 Å². The number of rotatable bonds is 6. The molecule has 0 saturated carbocycles. The van der Waals surface area contributed by atoms with Crippen molar-refractivity contribution < 1.29 is 8.42 Å². The standard InChI is InChI=1S/C14H18N4O2S/c1-11-8-17-13(9-16-11)10-18-21(19,20)14-4-2-12(3-5-14)6-7-15/h2-5,8-9,18H,6-7,10,15H2,1H3. The predicted molar refractivity (Wildman–Crippen MR) is 80.0 cm³/mol. The van der Waals surface area contributed by atoms with E-state index in [1.807, 2.05) is 6.92 Å². The molecule has 0 saturated heterocycles. The van der Waals surface area contributed by atoms with Crippen LogP contribution in [0.1, 0.15) is 17.0 Å². The summed E-state index contributed by atoms with van der Waals surface area (Å²) in [5.74, 6) is 0. The largest absolute Gasteiger partial charge is 0.330 e. The average Bonchev–Trinajstić information content (AvgIpc) is 2.48. The van der Waals surface area contributed by atoms with E-state index in [9.17, 15) is 8.42 Å². The Morgan fingerprint density at radius 1 is 1.14 bits per heavy atom. The third kappa shape index (κ3) is 4.32. The van der Waals surface area contributed by atoms with Crippen molar-refractivity contribution in [2.75, 3.05) is 6.54 Å². The highest BCUT2D eigenvalue weighted by Gasteiger charge is 2.13. The minimum absolute atomic E-state index is 0.111. The Kier molecular flexibility index (Phi) is 5.00. The summed E-state index contributed by atoms with van der Waals surface area (Å²) in [6.45, 7) is 2.47. The second kappa shape index (κ2) is 6.75. The number of sulfonamides is 1. The van der Waals surface area contributed by atoms with Crippen molar-refractivity contribution >= 4 is 10.0 Å². The second-order valence-corrected chi connectivity index (χ2v) is 6.42. The van der Waals surface area contributed by atoms with Crippen LogP contribution in [-0.4, -0.2) is 24.9 Å². The predicted octanol–water partition coefficient (Wildman–Crippen LogP) is 0.765. The highest BCUT2D eigenvalue weighted by molar-refractivity contribution is 7.89. The van der Waals surface area contributed by atoms with Crippen LogP contribution in [0.2, 0.25) is 0 Å². The van der Waals surface area contributed by atoms with Gasteiger partial charge in [-0.3, -0.25) is 9.97 Å². The van der Waals surface area contributed by atoms with Crippen LogP contribution < -0.4 is 10.5 Å². The lowest BCUT2D eigenvalue weighted by molar-refractivity contribution is 0.580. The van der Waals surface area contributed by atoms with Crippen molar-refractivity contribution in [3.05, 3.63) is 53.6 Å². The molecule has 1 heterocycles. The lowest BCUT2D eigenvalue weighted by Gasteiger charge is -2.07. The molecular formula is C14H18N4O2S. The van der Waals surface area contributed by atoms with E-state index in [0.717, 1.165) is 17.7 Å². The Balaban J connectivity index is 2.05. The molecule has 6 nitrogen and oxygen atoms in total. The van der Waals surface area contributed by atoms with Crippen LogP contribution in [0.5, 0.6) is 0 Å². The van der Waals surface area contributed by atoms with E-state index in [-0.39, 0.29) is 11.4 Å². The number of aryl methyl sites for hydroxylation is 1. The molecule has 21 heavy (non-hydrogen) atoms. The zero-order chi connectivity index (χ0) is 15.3. The van der Waals surface area contributed by atoms with Crippen LogP contribution in [0.4, 0.5) is 0 Å². The van der Waals surface area contributed by atoms with Crippen molar-refractivity contribution in [3.8, 4) is 0 Å². The van der Waals surface area contributed by atoms with Gasteiger partial charge in [-0.1, -0.05) is 12.1 Å². The van der Waals surface area contributed by atoms with E-state index in [1.54, 1.807) is 36.7 Å². The van der Waals surface area contributed by atoms with Crippen molar-refractivity contribution in [2.45, 2.75) is 24.8 Å². The van der Waals surface area contributed by atoms with Crippen molar-refractivity contribution in [1.82, 2.24) is 14.7 Å². The summed E-state index contributed by atoms with van der Waals surface area (Å²) < 4.78 is 26.8. The number of nitrogens with zero attached hydrogens (tertiary/aromatic N) is 2. The van der Waals surface area contributed by atoms with Crippen LogP contribution in [-0.2, 0) is 23.0 Å². The van der Waals surface area contributed by atoms with Gasteiger partial charge in [0.25, 0.3) is 0 Å². The third-order valence-electron chi connectivity index (χ3n) is 2.94. The van der Waals surface area contributed by atoms with Crippen LogP contribution in [0.25, 0.3) is 0 Å². The van der Waals surface area contributed by atoms with Gasteiger partial charge in [0.1, 0.15) is 0 Å². The molecule has 112 valence electrons. The number of hydrogen-bond acceptors (Lipinski definition) is 5. The van der Waals surface area contributed by atoms with Crippen molar-refractivity contribution in [3.63, 3.8) is 0 Å². The zero-order valence-electron chi connectivity index (χ0n) is 11.8. The van der Waals surface area contributed by atoms with E-state index >= 15 is 0 Å². The minimum Gasteiger partial charge on any atom is -0.330 e. The first-order valence-corrected chi connectivity index (χ1v) is 8.06. The second-order valence-electron chi connectivity index (χ2n) is 4.66. The molecule has 1 aromatic heterocycles. The molecule has 0 radical (unpaired) electrons. The summed E-state index contributed by atoms with van der Waals surface area (Å²) in [5, 5.41) is 0. The van der Waals surface area contributed by atoms with Gasteiger partial charge < -0.3 is 5.73 Å². The van der Waals surface area contributed by atoms with E-state index < -0.39 is 10.0 Å². The molecule has 7 heteroatoms. The molecule has 0 unspecified atom stereocenters. The summed E-state index contributed by atoms with van der Waals surface area (Å²) in [5.41, 5.74) is 7.84. The first kappa shape index (κ1) is 15.6. The highest BCUT2D eigenvalue weighted by Crippen LogP contribution is 2.11. The van der Waals surface area contributed by atoms with Gasteiger partial charge in [0.05, 0.1) is 29.0 Å². The maximum Gasteiger partial charge on any atom is 0.240 e.